The molecule has 0 unspecified atom stereocenters. The van der Waals surface area contributed by atoms with Crippen LogP contribution in [0.1, 0.15) is 48.5 Å². The molecule has 3 nitrogen and oxygen atoms in total. The van der Waals surface area contributed by atoms with E-state index in [1.165, 1.54) is 6.07 Å². The molecule has 0 aliphatic heterocycles. The van der Waals surface area contributed by atoms with Crippen LogP contribution in [0, 0.1) is 5.41 Å². The molecule has 2 rings (SSSR count). The molecule has 0 atom stereocenters. The third-order valence-corrected chi connectivity index (χ3v) is 3.98. The molecule has 0 aromatic heterocycles. The summed E-state index contributed by atoms with van der Waals surface area (Å²) in [5.41, 5.74) is 4.12. The topological polar surface area (TPSA) is 55.1 Å². The van der Waals surface area contributed by atoms with Crippen molar-refractivity contribution in [2.24, 2.45) is 5.41 Å². The Labute approximate surface area is 121 Å². The van der Waals surface area contributed by atoms with E-state index in [9.17, 15) is 18.0 Å². The lowest BCUT2D eigenvalue weighted by Crippen LogP contribution is -2.30. The van der Waals surface area contributed by atoms with Crippen LogP contribution < -0.4 is 11.1 Å². The van der Waals surface area contributed by atoms with Crippen molar-refractivity contribution < 1.29 is 18.0 Å². The molecule has 1 aliphatic carbocycles. The number of alkyl halides is 3. The summed E-state index contributed by atoms with van der Waals surface area (Å²) in [5, 5.41) is 2.74. The third kappa shape index (κ3) is 3.68. The first-order valence-corrected chi connectivity index (χ1v) is 7.02. The van der Waals surface area contributed by atoms with E-state index in [-0.39, 0.29) is 16.7 Å². The summed E-state index contributed by atoms with van der Waals surface area (Å²) in [4.78, 5) is 12.0. The first kappa shape index (κ1) is 15.7. The summed E-state index contributed by atoms with van der Waals surface area (Å²) in [7, 11) is 0. The Hall–Kier alpha value is -1.72. The average molecular weight is 300 g/mol. The molecule has 1 fully saturated rings. The largest absolute Gasteiger partial charge is 0.418 e. The van der Waals surface area contributed by atoms with Crippen LogP contribution >= 0.6 is 0 Å². The maximum atomic E-state index is 12.8. The molecule has 1 saturated carbocycles. The predicted octanol–water partition coefficient (Wildman–Crippen LogP) is 3.60. The number of hydrogen-bond acceptors (Lipinski definition) is 2. The molecular weight excluding hydrogens is 281 g/mol. The van der Waals surface area contributed by atoms with Gasteiger partial charge in [0.05, 0.1) is 5.56 Å². The number of nitrogens with one attached hydrogen (secondary N) is 1. The van der Waals surface area contributed by atoms with Gasteiger partial charge in [-0.3, -0.25) is 4.79 Å². The van der Waals surface area contributed by atoms with Gasteiger partial charge in [-0.2, -0.15) is 13.2 Å². The highest BCUT2D eigenvalue weighted by atomic mass is 19.4. The number of anilines is 1. The number of benzene rings is 1. The Kier molecular flexibility index (Phi) is 4.16. The van der Waals surface area contributed by atoms with Crippen LogP contribution in [0.25, 0.3) is 0 Å². The van der Waals surface area contributed by atoms with Crippen LogP contribution in [0.4, 0.5) is 18.9 Å². The van der Waals surface area contributed by atoms with Gasteiger partial charge in [0, 0.05) is 17.8 Å². The van der Waals surface area contributed by atoms with E-state index in [1.54, 1.807) is 0 Å². The highest BCUT2D eigenvalue weighted by molar-refractivity contribution is 5.95. The Morgan fingerprint density at radius 2 is 2.05 bits per heavy atom. The van der Waals surface area contributed by atoms with Crippen molar-refractivity contribution in [2.45, 2.75) is 38.8 Å². The highest BCUT2D eigenvalue weighted by Crippen LogP contribution is 2.48. The summed E-state index contributed by atoms with van der Waals surface area (Å²) in [6.45, 7) is 2.60. The first-order chi connectivity index (χ1) is 9.77. The standard InChI is InChI=1S/C15H19F3N2O/c1-2-5-14(6-7-14)9-20-13(21)10-3-4-12(19)11(8-10)15(16,17)18/h3-4,8H,2,5-7,9,19H2,1H3,(H,20,21). The average Bonchev–Trinajstić information content (AvgIpc) is 3.16. The molecule has 3 N–H and O–H groups in total. The fraction of sp³-hybridized carbons (Fsp3) is 0.533. The van der Waals surface area contributed by atoms with Gasteiger partial charge in [-0.05, 0) is 42.9 Å². The number of carbonyl (C=O) groups is 1. The minimum absolute atomic E-state index is 0.0103. The summed E-state index contributed by atoms with van der Waals surface area (Å²) in [6.07, 6.45) is -0.355. The van der Waals surface area contributed by atoms with Crippen LogP contribution in [0.3, 0.4) is 0 Å². The molecule has 1 amide bonds. The number of amides is 1. The number of rotatable bonds is 5. The van der Waals surface area contributed by atoms with Crippen LogP contribution in [-0.4, -0.2) is 12.5 Å². The van der Waals surface area contributed by atoms with Crippen molar-refractivity contribution >= 4 is 11.6 Å². The Bertz CT molecular complexity index is 536. The van der Waals surface area contributed by atoms with Crippen molar-refractivity contribution in [3.05, 3.63) is 29.3 Å². The summed E-state index contributed by atoms with van der Waals surface area (Å²) in [6, 6.07) is 3.25. The maximum absolute atomic E-state index is 12.8. The van der Waals surface area contributed by atoms with Gasteiger partial charge < -0.3 is 11.1 Å². The van der Waals surface area contributed by atoms with E-state index < -0.39 is 17.6 Å². The second-order valence-electron chi connectivity index (χ2n) is 5.73. The minimum Gasteiger partial charge on any atom is -0.398 e. The Morgan fingerprint density at radius 1 is 1.38 bits per heavy atom. The fourth-order valence-electron chi connectivity index (χ4n) is 2.54. The minimum atomic E-state index is -4.56. The maximum Gasteiger partial charge on any atom is 0.418 e. The fourth-order valence-corrected chi connectivity index (χ4v) is 2.54. The van der Waals surface area contributed by atoms with Crippen LogP contribution in [0.2, 0.25) is 0 Å². The summed E-state index contributed by atoms with van der Waals surface area (Å²) >= 11 is 0. The number of halogens is 3. The van der Waals surface area contributed by atoms with Gasteiger partial charge in [0.2, 0.25) is 0 Å². The second kappa shape index (κ2) is 5.58. The second-order valence-corrected chi connectivity index (χ2v) is 5.73. The number of nitrogens with two attached hydrogens (primary N) is 1. The Balaban J connectivity index is 2.06. The first-order valence-electron chi connectivity index (χ1n) is 7.02. The zero-order valence-electron chi connectivity index (χ0n) is 11.9. The number of hydrogen-bond donors (Lipinski definition) is 2. The molecule has 6 heteroatoms. The van der Waals surface area contributed by atoms with E-state index in [1.807, 2.05) is 0 Å². The quantitative estimate of drug-likeness (QED) is 0.816. The van der Waals surface area contributed by atoms with E-state index in [4.69, 9.17) is 5.73 Å². The molecule has 116 valence electrons. The molecule has 0 bridgehead atoms. The van der Waals surface area contributed by atoms with E-state index in [0.717, 1.165) is 37.8 Å². The summed E-state index contributed by atoms with van der Waals surface area (Å²) in [5.74, 6) is -0.483. The van der Waals surface area contributed by atoms with Crippen LogP contribution in [-0.2, 0) is 6.18 Å². The van der Waals surface area contributed by atoms with Gasteiger partial charge in [-0.15, -0.1) is 0 Å². The normalized spacial score (nSPS) is 16.6. The number of nitrogen functional groups attached to an aromatic ring is 1. The van der Waals surface area contributed by atoms with Crippen molar-refractivity contribution in [1.82, 2.24) is 5.32 Å². The smallest absolute Gasteiger partial charge is 0.398 e. The Morgan fingerprint density at radius 3 is 2.57 bits per heavy atom. The lowest BCUT2D eigenvalue weighted by Gasteiger charge is -2.16. The van der Waals surface area contributed by atoms with Gasteiger partial charge in [0.15, 0.2) is 0 Å². The molecule has 0 spiro atoms. The third-order valence-electron chi connectivity index (χ3n) is 3.98. The lowest BCUT2D eigenvalue weighted by molar-refractivity contribution is -0.136. The lowest BCUT2D eigenvalue weighted by atomic mass is 10.0. The monoisotopic (exact) mass is 300 g/mol. The molecule has 1 aliphatic rings. The van der Waals surface area contributed by atoms with Crippen molar-refractivity contribution in [3.63, 3.8) is 0 Å². The van der Waals surface area contributed by atoms with Gasteiger partial charge >= 0.3 is 6.18 Å². The molecule has 1 aromatic rings. The van der Waals surface area contributed by atoms with Gasteiger partial charge in [-0.1, -0.05) is 13.3 Å². The molecule has 0 radical (unpaired) electrons. The molecular formula is C15H19F3N2O. The molecule has 0 heterocycles. The van der Waals surface area contributed by atoms with Crippen LogP contribution in [0.15, 0.2) is 18.2 Å². The molecule has 21 heavy (non-hydrogen) atoms. The van der Waals surface area contributed by atoms with Gasteiger partial charge in [-0.25, -0.2) is 0 Å². The van der Waals surface area contributed by atoms with Gasteiger partial charge in [0.1, 0.15) is 0 Å². The zero-order chi connectivity index (χ0) is 15.7. The van der Waals surface area contributed by atoms with E-state index in [2.05, 4.69) is 12.2 Å². The SMILES string of the molecule is CCCC1(CNC(=O)c2ccc(N)c(C(F)(F)F)c2)CC1. The molecule has 0 saturated heterocycles. The zero-order valence-corrected chi connectivity index (χ0v) is 11.9. The van der Waals surface area contributed by atoms with Crippen molar-refractivity contribution in [3.8, 4) is 0 Å². The van der Waals surface area contributed by atoms with Crippen molar-refractivity contribution in [1.29, 1.82) is 0 Å². The predicted molar refractivity (Wildman–Crippen MR) is 74.8 cm³/mol. The highest BCUT2D eigenvalue weighted by Gasteiger charge is 2.41. The van der Waals surface area contributed by atoms with Crippen LogP contribution in [0.5, 0.6) is 0 Å². The van der Waals surface area contributed by atoms with E-state index in [0.29, 0.717) is 6.54 Å². The summed E-state index contributed by atoms with van der Waals surface area (Å²) < 4.78 is 38.3. The van der Waals surface area contributed by atoms with Crippen molar-refractivity contribution in [2.75, 3.05) is 12.3 Å². The molecule has 1 aromatic carbocycles. The van der Waals surface area contributed by atoms with E-state index >= 15 is 0 Å². The van der Waals surface area contributed by atoms with Gasteiger partial charge in [0.25, 0.3) is 5.91 Å². The number of carbonyl (C=O) groups excluding carboxylic acids is 1.